The summed E-state index contributed by atoms with van der Waals surface area (Å²) in [6.45, 7) is 0.108. The fourth-order valence-corrected chi connectivity index (χ4v) is 14.3. The average molecular weight is 927 g/mol. The van der Waals surface area contributed by atoms with E-state index in [1.54, 1.807) is 0 Å². The molecule has 16 aromatic carbocycles. The largest absolute Gasteiger partial charge is 0.243 e. The maximum absolute atomic E-state index is 2.52. The minimum absolute atomic E-state index is 0.0538. The van der Waals surface area contributed by atoms with Gasteiger partial charge in [-0.1, -0.05) is 203 Å². The summed E-state index contributed by atoms with van der Waals surface area (Å²) in [4.78, 5) is 0. The van der Waals surface area contributed by atoms with E-state index in [9.17, 15) is 0 Å². The molecule has 2 aliphatic rings. The summed E-state index contributed by atoms with van der Waals surface area (Å²) in [5.41, 5.74) is 13.7. The van der Waals surface area contributed by atoms with Crippen molar-refractivity contribution < 1.29 is 0 Å². The molecule has 0 saturated heterocycles. The van der Waals surface area contributed by atoms with Gasteiger partial charge in [-0.15, -0.1) is 0 Å². The van der Waals surface area contributed by atoms with Crippen molar-refractivity contribution in [3.8, 4) is 22.3 Å². The molecule has 2 heteroatoms. The first kappa shape index (κ1) is 39.4. The fourth-order valence-electron chi connectivity index (χ4n) is 14.3. The topological polar surface area (TPSA) is 0 Å². The highest BCUT2D eigenvalue weighted by Crippen LogP contribution is 2.39. The molecule has 0 amide bonds. The monoisotopic (exact) mass is 926 g/mol. The molecule has 0 atom stereocenters. The summed E-state index contributed by atoms with van der Waals surface area (Å²) >= 11 is 0. The van der Waals surface area contributed by atoms with Crippen molar-refractivity contribution in [3.05, 3.63) is 243 Å². The lowest BCUT2D eigenvalue weighted by Crippen LogP contribution is -2.49. The molecule has 0 saturated carbocycles. The van der Waals surface area contributed by atoms with Crippen LogP contribution in [0.2, 0.25) is 0 Å². The van der Waals surface area contributed by atoms with Gasteiger partial charge >= 0.3 is 0 Å². The molecule has 0 nitrogen and oxygen atoms in total. The third-order valence-electron chi connectivity index (χ3n) is 17.7. The van der Waals surface area contributed by atoms with Crippen LogP contribution >= 0.6 is 0 Å². The van der Waals surface area contributed by atoms with Crippen LogP contribution in [0.1, 0.15) is 0 Å². The standard InChI is InChI=1S/C72H40B2/c1-5-13-47-29-55-37-67-61(33-51(55)25-43(47)9-1)62-34-52-26-44-10-2-6-14-48(44)30-56(52)38-68(62)73(67)65-23-19-41-18-22-60-66(24-20-42-17-21-59(65)71(41)72(42)60)74-69-39-57-31-49-15-7-3-11-45(49)27-53(57)35-63(69)64-36-54-28-46-12-4-8-16-50(46)32-58(54)40-70(64)74/h1-40H. The van der Waals surface area contributed by atoms with Gasteiger partial charge in [-0.3, -0.25) is 0 Å². The molecule has 16 aromatic rings. The lowest BCUT2D eigenvalue weighted by atomic mass is 9.37. The predicted molar refractivity (Wildman–Crippen MR) is 323 cm³/mol. The zero-order chi connectivity index (χ0) is 47.9. The molecule has 0 spiro atoms. The second kappa shape index (κ2) is 14.3. The quantitative estimate of drug-likeness (QED) is 0.0921. The summed E-state index contributed by atoms with van der Waals surface area (Å²) in [6.07, 6.45) is 0. The van der Waals surface area contributed by atoms with Crippen LogP contribution in [0.3, 0.4) is 0 Å². The number of benzene rings is 16. The lowest BCUT2D eigenvalue weighted by molar-refractivity contribution is 1.76. The summed E-state index contributed by atoms with van der Waals surface area (Å²) in [5.74, 6) is 0. The Kier molecular flexibility index (Phi) is 7.59. The zero-order valence-corrected chi connectivity index (χ0v) is 40.2. The van der Waals surface area contributed by atoms with E-state index in [1.807, 2.05) is 0 Å². The van der Waals surface area contributed by atoms with E-state index in [0.717, 1.165) is 0 Å². The summed E-state index contributed by atoms with van der Waals surface area (Å²) in [5, 5.41) is 28.5. The summed E-state index contributed by atoms with van der Waals surface area (Å²) in [7, 11) is 0. The van der Waals surface area contributed by atoms with E-state index >= 15 is 0 Å². The predicted octanol–water partition coefficient (Wildman–Crippen LogP) is 14.8. The smallest absolute Gasteiger partial charge is 0.0657 e. The van der Waals surface area contributed by atoms with Gasteiger partial charge in [0.15, 0.2) is 0 Å². The van der Waals surface area contributed by atoms with Crippen LogP contribution in [-0.4, -0.2) is 13.4 Å². The number of hydrogen-bond donors (Lipinski definition) is 0. The molecule has 334 valence electrons. The number of fused-ring (bicyclic) bond motifs is 14. The van der Waals surface area contributed by atoms with E-state index in [2.05, 4.69) is 243 Å². The molecular formula is C72H40B2. The minimum Gasteiger partial charge on any atom is -0.0657 e. The van der Waals surface area contributed by atoms with Crippen molar-refractivity contribution in [1.29, 1.82) is 0 Å². The van der Waals surface area contributed by atoms with Gasteiger partial charge in [0.25, 0.3) is 0 Å². The maximum atomic E-state index is 2.52. The molecule has 0 unspecified atom stereocenters. The maximum Gasteiger partial charge on any atom is 0.243 e. The van der Waals surface area contributed by atoms with Gasteiger partial charge in [0.05, 0.1) is 0 Å². The van der Waals surface area contributed by atoms with Gasteiger partial charge < -0.3 is 0 Å². The Morgan fingerprint density at radius 1 is 0.162 bits per heavy atom. The molecular weight excluding hydrogens is 886 g/mol. The first-order valence-corrected chi connectivity index (χ1v) is 26.2. The Morgan fingerprint density at radius 2 is 0.392 bits per heavy atom. The highest BCUT2D eigenvalue weighted by molar-refractivity contribution is 7.01. The minimum atomic E-state index is 0.0538. The second-order valence-electron chi connectivity index (χ2n) is 21.5. The van der Waals surface area contributed by atoms with Crippen LogP contribution in [-0.2, 0) is 0 Å². The van der Waals surface area contributed by atoms with Gasteiger partial charge in [-0.05, 0) is 214 Å². The Hall–Kier alpha value is -9.23. The highest BCUT2D eigenvalue weighted by Gasteiger charge is 2.38. The van der Waals surface area contributed by atoms with E-state index < -0.39 is 0 Å². The Morgan fingerprint density at radius 3 is 0.649 bits per heavy atom. The van der Waals surface area contributed by atoms with Crippen LogP contribution < -0.4 is 32.8 Å². The SMILES string of the molecule is c1ccc2cc3cc4c(cc3cc2c1)B(c1ccc2ccc3c(B5c6cc7cc8ccccc8cc7cc6-c6cc7cc8ccccc8cc7cc65)ccc5ccc1c2c53)c1cc2cc3ccccc3cc2cc1-4. The highest BCUT2D eigenvalue weighted by atomic mass is 14.3. The molecule has 0 radical (unpaired) electrons. The van der Waals surface area contributed by atoms with Crippen LogP contribution in [0.15, 0.2) is 243 Å². The van der Waals surface area contributed by atoms with Gasteiger partial charge in [0.2, 0.25) is 13.4 Å². The van der Waals surface area contributed by atoms with Crippen LogP contribution in [0.4, 0.5) is 0 Å². The van der Waals surface area contributed by atoms with Crippen LogP contribution in [0.25, 0.3) is 141 Å². The molecule has 2 aliphatic heterocycles. The van der Waals surface area contributed by atoms with Crippen molar-refractivity contribution in [2.24, 2.45) is 0 Å². The Balaban J connectivity index is 0.888. The van der Waals surface area contributed by atoms with Crippen molar-refractivity contribution in [2.45, 2.75) is 0 Å². The molecule has 0 aliphatic carbocycles. The number of hydrogen-bond acceptors (Lipinski definition) is 0. The third kappa shape index (κ3) is 5.39. The van der Waals surface area contributed by atoms with E-state index in [4.69, 9.17) is 0 Å². The van der Waals surface area contributed by atoms with Crippen LogP contribution in [0, 0.1) is 0 Å². The fraction of sp³-hybridized carbons (Fsp3) is 0. The zero-order valence-electron chi connectivity index (χ0n) is 40.2. The van der Waals surface area contributed by atoms with Crippen molar-refractivity contribution in [3.63, 3.8) is 0 Å². The van der Waals surface area contributed by atoms with Crippen molar-refractivity contribution in [2.75, 3.05) is 0 Å². The Labute approximate surface area is 427 Å². The summed E-state index contributed by atoms with van der Waals surface area (Å²) < 4.78 is 0. The van der Waals surface area contributed by atoms with E-state index in [1.165, 1.54) is 174 Å². The molecule has 0 bridgehead atoms. The molecule has 2 heterocycles. The molecule has 18 rings (SSSR count). The average Bonchev–Trinajstić information content (AvgIpc) is 3.96. The van der Waals surface area contributed by atoms with Crippen LogP contribution in [0.5, 0.6) is 0 Å². The molecule has 0 N–H and O–H groups in total. The molecule has 74 heavy (non-hydrogen) atoms. The Bertz CT molecular complexity index is 4640. The first-order chi connectivity index (χ1) is 36.6. The van der Waals surface area contributed by atoms with Gasteiger partial charge in [-0.2, -0.15) is 0 Å². The van der Waals surface area contributed by atoms with Crippen molar-refractivity contribution >= 4 is 165 Å². The normalized spacial score (nSPS) is 13.1. The summed E-state index contributed by atoms with van der Waals surface area (Å²) in [6, 6.07) is 93.8. The molecule has 0 fully saturated rings. The van der Waals surface area contributed by atoms with Crippen molar-refractivity contribution in [1.82, 2.24) is 0 Å². The second-order valence-corrected chi connectivity index (χ2v) is 21.5. The van der Waals surface area contributed by atoms with Gasteiger partial charge in [-0.25, -0.2) is 0 Å². The van der Waals surface area contributed by atoms with E-state index in [-0.39, 0.29) is 13.4 Å². The third-order valence-corrected chi connectivity index (χ3v) is 17.7. The van der Waals surface area contributed by atoms with Gasteiger partial charge in [0, 0.05) is 0 Å². The number of rotatable bonds is 2. The van der Waals surface area contributed by atoms with E-state index in [0.29, 0.717) is 0 Å². The first-order valence-electron chi connectivity index (χ1n) is 26.2. The lowest BCUT2D eigenvalue weighted by Gasteiger charge is -2.21. The van der Waals surface area contributed by atoms with Gasteiger partial charge in [0.1, 0.15) is 0 Å². The molecule has 0 aromatic heterocycles.